The summed E-state index contributed by atoms with van der Waals surface area (Å²) in [6, 6.07) is 4.19. The molecule has 0 amide bonds. The Morgan fingerprint density at radius 1 is 1.47 bits per heavy atom. The lowest BCUT2D eigenvalue weighted by Crippen LogP contribution is -2.45. The summed E-state index contributed by atoms with van der Waals surface area (Å²) in [4.78, 5) is 22.9. The smallest absolute Gasteiger partial charge is 0.323 e. The molecule has 0 saturated carbocycles. The number of aliphatic carboxylic acids is 1. The Balaban J connectivity index is 3.37. The first-order chi connectivity index (χ1) is 8.62. The molecule has 0 aliphatic rings. The molecule has 1 N–H and O–H groups in total. The zero-order chi connectivity index (χ0) is 14.8. The number of rotatable bonds is 4. The monoisotopic (exact) mass is 286 g/mol. The first kappa shape index (κ1) is 15.2. The Labute approximate surface area is 115 Å². The fourth-order valence-corrected chi connectivity index (χ4v) is 1.86. The molecule has 19 heavy (non-hydrogen) atoms. The summed E-state index contributed by atoms with van der Waals surface area (Å²) >= 11 is 5.75. The molecule has 7 heteroatoms. The largest absolute Gasteiger partial charge is 0.480 e. The number of hydrogen-bond donors (Lipinski definition) is 1. The van der Waals surface area contributed by atoms with Crippen LogP contribution in [0.5, 0.6) is 0 Å². The van der Waals surface area contributed by atoms with E-state index in [1.807, 2.05) is 0 Å². The molecule has 0 unspecified atom stereocenters. The Bertz CT molecular complexity index is 511. The van der Waals surface area contributed by atoms with E-state index < -0.39 is 16.4 Å². The molecule has 0 bridgehead atoms. The van der Waals surface area contributed by atoms with Crippen LogP contribution < -0.4 is 4.90 Å². The van der Waals surface area contributed by atoms with Gasteiger partial charge in [-0.05, 0) is 32.9 Å². The van der Waals surface area contributed by atoms with Crippen LogP contribution >= 0.6 is 11.6 Å². The maximum absolute atomic E-state index is 11.1. The van der Waals surface area contributed by atoms with Crippen LogP contribution in [0.25, 0.3) is 0 Å². The van der Waals surface area contributed by atoms with Crippen molar-refractivity contribution in [2.45, 2.75) is 26.3 Å². The zero-order valence-corrected chi connectivity index (χ0v) is 11.6. The molecule has 6 nitrogen and oxygen atoms in total. The summed E-state index contributed by atoms with van der Waals surface area (Å²) in [5.41, 5.74) is -0.537. The van der Waals surface area contributed by atoms with E-state index in [2.05, 4.69) is 0 Å². The molecule has 0 fully saturated rings. The number of halogens is 1. The number of carboxylic acid groups (broad SMARTS) is 1. The minimum atomic E-state index is -1.06. The maximum Gasteiger partial charge on any atom is 0.323 e. The minimum Gasteiger partial charge on any atom is -0.480 e. The van der Waals surface area contributed by atoms with E-state index in [1.54, 1.807) is 20.8 Å². The third-order valence-electron chi connectivity index (χ3n) is 2.53. The molecular formula is C12H15ClN2O4. The van der Waals surface area contributed by atoms with E-state index in [-0.39, 0.29) is 22.9 Å². The molecule has 0 radical (unpaired) electrons. The van der Waals surface area contributed by atoms with Crippen molar-refractivity contribution >= 4 is 28.9 Å². The molecule has 1 aromatic carbocycles. The minimum absolute atomic E-state index is 0.205. The van der Waals surface area contributed by atoms with E-state index in [0.29, 0.717) is 0 Å². The number of anilines is 1. The normalized spacial score (nSPS) is 11.2. The molecule has 1 aromatic rings. The van der Waals surface area contributed by atoms with Gasteiger partial charge in [-0.2, -0.15) is 0 Å². The van der Waals surface area contributed by atoms with Gasteiger partial charge < -0.3 is 10.0 Å². The standard InChI is InChI=1S/C12H15ClN2O4/c1-12(2,3)14(7-11(16)17)9-5-4-8(13)6-10(9)15(18)19/h4-6H,7H2,1-3H3,(H,16,17). The predicted octanol–water partition coefficient (Wildman–Crippen LogP) is 2.94. The number of benzene rings is 1. The van der Waals surface area contributed by atoms with Crippen LogP contribution in [0, 0.1) is 10.1 Å². The molecule has 104 valence electrons. The van der Waals surface area contributed by atoms with Crippen molar-refractivity contribution in [3.05, 3.63) is 33.3 Å². The summed E-state index contributed by atoms with van der Waals surface area (Å²) in [6.07, 6.45) is 0. The van der Waals surface area contributed by atoms with Gasteiger partial charge >= 0.3 is 5.97 Å². The molecular weight excluding hydrogens is 272 g/mol. The fraction of sp³-hybridized carbons (Fsp3) is 0.417. The second-order valence-electron chi connectivity index (χ2n) is 5.04. The fourth-order valence-electron chi connectivity index (χ4n) is 1.69. The quantitative estimate of drug-likeness (QED) is 0.679. The van der Waals surface area contributed by atoms with Gasteiger partial charge in [0.15, 0.2) is 0 Å². The van der Waals surface area contributed by atoms with Crippen LogP contribution in [0.15, 0.2) is 18.2 Å². The lowest BCUT2D eigenvalue weighted by molar-refractivity contribution is -0.384. The average molecular weight is 287 g/mol. The molecule has 0 heterocycles. The van der Waals surface area contributed by atoms with Gasteiger partial charge in [0.2, 0.25) is 0 Å². The highest BCUT2D eigenvalue weighted by atomic mass is 35.5. The van der Waals surface area contributed by atoms with Crippen LogP contribution in [0.1, 0.15) is 20.8 Å². The van der Waals surface area contributed by atoms with Crippen LogP contribution in [-0.2, 0) is 4.79 Å². The maximum atomic E-state index is 11.1. The van der Waals surface area contributed by atoms with Crippen molar-refractivity contribution in [1.29, 1.82) is 0 Å². The van der Waals surface area contributed by atoms with Crippen LogP contribution in [0.3, 0.4) is 0 Å². The summed E-state index contributed by atoms with van der Waals surface area (Å²) in [6.45, 7) is 5.03. The molecule has 0 aliphatic heterocycles. The van der Waals surface area contributed by atoms with E-state index in [9.17, 15) is 14.9 Å². The van der Waals surface area contributed by atoms with Gasteiger partial charge in [0.1, 0.15) is 12.2 Å². The van der Waals surface area contributed by atoms with Crippen molar-refractivity contribution in [3.8, 4) is 0 Å². The summed E-state index contributed by atoms with van der Waals surface area (Å²) in [5.74, 6) is -1.06. The second-order valence-corrected chi connectivity index (χ2v) is 5.48. The molecule has 0 aliphatic carbocycles. The molecule has 0 saturated heterocycles. The van der Waals surface area contributed by atoms with Gasteiger partial charge in [0, 0.05) is 16.6 Å². The third-order valence-corrected chi connectivity index (χ3v) is 2.76. The number of nitrogens with zero attached hydrogens (tertiary/aromatic N) is 2. The van der Waals surface area contributed by atoms with Gasteiger partial charge in [0.05, 0.1) is 4.92 Å². The molecule has 0 atom stereocenters. The second kappa shape index (κ2) is 5.44. The van der Waals surface area contributed by atoms with E-state index in [4.69, 9.17) is 16.7 Å². The highest BCUT2D eigenvalue weighted by molar-refractivity contribution is 6.30. The van der Waals surface area contributed by atoms with Gasteiger partial charge in [-0.15, -0.1) is 0 Å². The Kier molecular flexibility index (Phi) is 4.36. The number of nitro benzene ring substituents is 1. The van der Waals surface area contributed by atoms with Crippen LogP contribution in [-0.4, -0.2) is 28.1 Å². The van der Waals surface area contributed by atoms with Gasteiger partial charge in [-0.1, -0.05) is 11.6 Å². The van der Waals surface area contributed by atoms with Crippen LogP contribution in [0.4, 0.5) is 11.4 Å². The van der Waals surface area contributed by atoms with Crippen LogP contribution in [0.2, 0.25) is 5.02 Å². The van der Waals surface area contributed by atoms with Gasteiger partial charge in [-0.25, -0.2) is 0 Å². The van der Waals surface area contributed by atoms with Gasteiger partial charge in [-0.3, -0.25) is 14.9 Å². The summed E-state index contributed by atoms with van der Waals surface area (Å²) in [5, 5.41) is 20.3. The topological polar surface area (TPSA) is 83.7 Å². The molecule has 0 aromatic heterocycles. The number of hydrogen-bond acceptors (Lipinski definition) is 4. The number of nitro groups is 1. The Hall–Kier alpha value is -1.82. The zero-order valence-electron chi connectivity index (χ0n) is 10.9. The summed E-state index contributed by atoms with van der Waals surface area (Å²) in [7, 11) is 0. The highest BCUT2D eigenvalue weighted by Crippen LogP contribution is 2.34. The first-order valence-electron chi connectivity index (χ1n) is 5.56. The van der Waals surface area contributed by atoms with E-state index >= 15 is 0 Å². The number of carboxylic acids is 1. The van der Waals surface area contributed by atoms with Crippen molar-refractivity contribution < 1.29 is 14.8 Å². The Morgan fingerprint density at radius 2 is 2.05 bits per heavy atom. The van der Waals surface area contributed by atoms with E-state index in [1.165, 1.54) is 23.1 Å². The summed E-state index contributed by atoms with van der Waals surface area (Å²) < 4.78 is 0. The van der Waals surface area contributed by atoms with Gasteiger partial charge in [0.25, 0.3) is 5.69 Å². The Morgan fingerprint density at radius 3 is 2.47 bits per heavy atom. The molecule has 1 rings (SSSR count). The molecule has 0 spiro atoms. The van der Waals surface area contributed by atoms with E-state index in [0.717, 1.165) is 0 Å². The highest BCUT2D eigenvalue weighted by Gasteiger charge is 2.29. The number of carbonyl (C=O) groups is 1. The lowest BCUT2D eigenvalue weighted by atomic mass is 10.0. The van der Waals surface area contributed by atoms with Crippen molar-refractivity contribution in [1.82, 2.24) is 0 Å². The van der Waals surface area contributed by atoms with Crippen molar-refractivity contribution in [2.24, 2.45) is 0 Å². The average Bonchev–Trinajstić information content (AvgIpc) is 2.24. The van der Waals surface area contributed by atoms with Crippen molar-refractivity contribution in [2.75, 3.05) is 11.4 Å². The SMILES string of the molecule is CC(C)(C)N(CC(=O)O)c1ccc(Cl)cc1[N+](=O)[O-]. The van der Waals surface area contributed by atoms with Crippen molar-refractivity contribution in [3.63, 3.8) is 0 Å². The lowest BCUT2D eigenvalue weighted by Gasteiger charge is -2.36. The predicted molar refractivity (Wildman–Crippen MR) is 72.8 cm³/mol. The first-order valence-corrected chi connectivity index (χ1v) is 5.94. The third kappa shape index (κ3) is 3.82.